The number of aromatic nitrogens is 2. The lowest BCUT2D eigenvalue weighted by Crippen LogP contribution is -2.19. The molecular weight excluding hydrogens is 219 g/mol. The largest absolute Gasteiger partial charge is 0.356 e. The van der Waals surface area contributed by atoms with E-state index >= 15 is 0 Å². The first-order chi connectivity index (χ1) is 8.25. The smallest absolute Gasteiger partial charge is 0.150 e. The van der Waals surface area contributed by atoms with Crippen molar-refractivity contribution in [3.8, 4) is 0 Å². The average molecular weight is 234 g/mol. The van der Waals surface area contributed by atoms with Crippen LogP contribution < -0.4 is 0 Å². The molecule has 0 bridgehead atoms. The van der Waals surface area contributed by atoms with Crippen LogP contribution in [0.3, 0.4) is 0 Å². The van der Waals surface area contributed by atoms with Crippen LogP contribution in [0, 0.1) is 12.7 Å². The molecule has 1 aliphatic heterocycles. The van der Waals surface area contributed by atoms with E-state index in [4.69, 9.17) is 4.74 Å². The van der Waals surface area contributed by atoms with Crippen LogP contribution in [0.25, 0.3) is 10.9 Å². The number of hydrogen-bond acceptors (Lipinski definition) is 2. The summed E-state index contributed by atoms with van der Waals surface area (Å²) in [7, 11) is 0. The molecule has 0 radical (unpaired) electrons. The zero-order chi connectivity index (χ0) is 11.8. The summed E-state index contributed by atoms with van der Waals surface area (Å²) in [6.45, 7) is 2.69. The fraction of sp³-hybridized carbons (Fsp3) is 0.462. The molecule has 1 atom stereocenters. The zero-order valence-corrected chi connectivity index (χ0v) is 9.82. The Balaban J connectivity index is 2.10. The SMILES string of the molecule is Cc1cc(F)cc2cnn(C3CCCCO3)c12. The molecule has 3 nitrogen and oxygen atoms in total. The van der Waals surface area contributed by atoms with Gasteiger partial charge in [-0.3, -0.25) is 0 Å². The monoisotopic (exact) mass is 234 g/mol. The highest BCUT2D eigenvalue weighted by Gasteiger charge is 2.19. The van der Waals surface area contributed by atoms with Gasteiger partial charge in [0.2, 0.25) is 0 Å². The molecule has 0 N–H and O–H groups in total. The van der Waals surface area contributed by atoms with Crippen molar-refractivity contribution in [1.29, 1.82) is 0 Å². The van der Waals surface area contributed by atoms with E-state index in [2.05, 4.69) is 5.10 Å². The average Bonchev–Trinajstić information content (AvgIpc) is 2.74. The second-order valence-corrected chi connectivity index (χ2v) is 4.57. The van der Waals surface area contributed by atoms with Crippen LogP contribution >= 0.6 is 0 Å². The second kappa shape index (κ2) is 4.11. The van der Waals surface area contributed by atoms with Crippen LogP contribution in [0.15, 0.2) is 18.3 Å². The highest BCUT2D eigenvalue weighted by atomic mass is 19.1. The van der Waals surface area contributed by atoms with Crippen LogP contribution in [0.1, 0.15) is 31.1 Å². The molecule has 2 heterocycles. The van der Waals surface area contributed by atoms with Gasteiger partial charge in [0.15, 0.2) is 6.23 Å². The van der Waals surface area contributed by atoms with Gasteiger partial charge in [0, 0.05) is 12.0 Å². The van der Waals surface area contributed by atoms with E-state index in [9.17, 15) is 4.39 Å². The third-order valence-electron chi connectivity index (χ3n) is 3.27. The molecule has 1 fully saturated rings. The van der Waals surface area contributed by atoms with Gasteiger partial charge >= 0.3 is 0 Å². The lowest BCUT2D eigenvalue weighted by Gasteiger charge is -2.23. The maximum absolute atomic E-state index is 13.3. The van der Waals surface area contributed by atoms with Crippen LogP contribution in [0.2, 0.25) is 0 Å². The van der Waals surface area contributed by atoms with E-state index in [1.807, 2.05) is 11.6 Å². The van der Waals surface area contributed by atoms with E-state index < -0.39 is 0 Å². The summed E-state index contributed by atoms with van der Waals surface area (Å²) in [5, 5.41) is 5.19. The summed E-state index contributed by atoms with van der Waals surface area (Å²) in [5.74, 6) is -0.209. The van der Waals surface area contributed by atoms with Crippen LogP contribution in [-0.4, -0.2) is 16.4 Å². The third kappa shape index (κ3) is 1.82. The van der Waals surface area contributed by atoms with Crippen molar-refractivity contribution in [3.63, 3.8) is 0 Å². The normalized spacial score (nSPS) is 20.9. The molecule has 17 heavy (non-hydrogen) atoms. The fourth-order valence-electron chi connectivity index (χ4n) is 2.49. The molecule has 1 aromatic carbocycles. The van der Waals surface area contributed by atoms with Gasteiger partial charge in [-0.2, -0.15) is 5.10 Å². The second-order valence-electron chi connectivity index (χ2n) is 4.57. The lowest BCUT2D eigenvalue weighted by molar-refractivity contribution is -0.0367. The Bertz CT molecular complexity index is 544. The summed E-state index contributed by atoms with van der Waals surface area (Å²) in [5.41, 5.74) is 1.89. The number of nitrogens with zero attached hydrogens (tertiary/aromatic N) is 2. The van der Waals surface area contributed by atoms with Crippen molar-refractivity contribution in [2.45, 2.75) is 32.4 Å². The van der Waals surface area contributed by atoms with Crippen molar-refractivity contribution >= 4 is 10.9 Å². The van der Waals surface area contributed by atoms with Gasteiger partial charge in [-0.1, -0.05) is 0 Å². The minimum atomic E-state index is -0.209. The van der Waals surface area contributed by atoms with Crippen LogP contribution in [0.5, 0.6) is 0 Å². The van der Waals surface area contributed by atoms with E-state index in [0.29, 0.717) is 0 Å². The molecule has 90 valence electrons. The topological polar surface area (TPSA) is 27.1 Å². The summed E-state index contributed by atoms with van der Waals surface area (Å²) in [4.78, 5) is 0. The summed E-state index contributed by atoms with van der Waals surface area (Å²) in [6, 6.07) is 3.07. The molecule has 1 unspecified atom stereocenters. The Kier molecular flexibility index (Phi) is 2.59. The van der Waals surface area contributed by atoms with Crippen LogP contribution in [-0.2, 0) is 4.74 Å². The third-order valence-corrected chi connectivity index (χ3v) is 3.27. The standard InChI is InChI=1S/C13H15FN2O/c1-9-6-11(14)7-10-8-15-16(13(9)10)12-4-2-3-5-17-12/h6-8,12H,2-5H2,1H3. The quantitative estimate of drug-likeness (QED) is 0.757. The highest BCUT2D eigenvalue weighted by Crippen LogP contribution is 2.28. The zero-order valence-electron chi connectivity index (χ0n) is 9.82. The van der Waals surface area contributed by atoms with E-state index in [0.717, 1.165) is 42.3 Å². The maximum Gasteiger partial charge on any atom is 0.150 e. The van der Waals surface area contributed by atoms with E-state index in [1.54, 1.807) is 12.3 Å². The molecule has 0 spiro atoms. The Morgan fingerprint density at radius 3 is 3.06 bits per heavy atom. The van der Waals surface area contributed by atoms with Gasteiger partial charge in [0.05, 0.1) is 11.7 Å². The number of benzene rings is 1. The Morgan fingerprint density at radius 1 is 1.41 bits per heavy atom. The molecular formula is C13H15FN2O. The molecule has 0 saturated carbocycles. The molecule has 1 aliphatic rings. The lowest BCUT2D eigenvalue weighted by atomic mass is 10.1. The summed E-state index contributed by atoms with van der Waals surface area (Å²) < 4.78 is 20.9. The molecule has 0 aliphatic carbocycles. The van der Waals surface area contributed by atoms with Crippen LogP contribution in [0.4, 0.5) is 4.39 Å². The molecule has 3 rings (SSSR count). The minimum Gasteiger partial charge on any atom is -0.356 e. The summed E-state index contributed by atoms with van der Waals surface area (Å²) in [6.07, 6.45) is 4.97. The molecule has 2 aromatic rings. The van der Waals surface area contributed by atoms with Gasteiger partial charge in [-0.05, 0) is 43.9 Å². The fourth-order valence-corrected chi connectivity index (χ4v) is 2.49. The number of hydrogen-bond donors (Lipinski definition) is 0. The van der Waals surface area contributed by atoms with Crippen molar-refractivity contribution < 1.29 is 9.13 Å². The first kappa shape index (κ1) is 10.7. The Hall–Kier alpha value is -1.42. The van der Waals surface area contributed by atoms with E-state index in [-0.39, 0.29) is 12.0 Å². The number of aryl methyl sites for hydroxylation is 1. The Labute approximate surface area is 99.2 Å². The van der Waals surface area contributed by atoms with Gasteiger partial charge in [-0.25, -0.2) is 9.07 Å². The molecule has 1 saturated heterocycles. The highest BCUT2D eigenvalue weighted by molar-refractivity contribution is 5.82. The first-order valence-electron chi connectivity index (χ1n) is 6.00. The number of fused-ring (bicyclic) bond motifs is 1. The maximum atomic E-state index is 13.3. The van der Waals surface area contributed by atoms with Crippen molar-refractivity contribution in [2.24, 2.45) is 0 Å². The number of ether oxygens (including phenoxy) is 1. The molecule has 0 amide bonds. The minimum absolute atomic E-state index is 0.00501. The predicted molar refractivity (Wildman–Crippen MR) is 63.3 cm³/mol. The van der Waals surface area contributed by atoms with Crippen molar-refractivity contribution in [2.75, 3.05) is 6.61 Å². The first-order valence-corrected chi connectivity index (χ1v) is 6.00. The van der Waals surface area contributed by atoms with Gasteiger partial charge in [-0.15, -0.1) is 0 Å². The molecule has 1 aromatic heterocycles. The van der Waals surface area contributed by atoms with E-state index in [1.165, 1.54) is 6.07 Å². The van der Waals surface area contributed by atoms with Crippen molar-refractivity contribution in [1.82, 2.24) is 9.78 Å². The molecule has 4 heteroatoms. The van der Waals surface area contributed by atoms with Crippen molar-refractivity contribution in [3.05, 3.63) is 29.7 Å². The predicted octanol–water partition coefficient (Wildman–Crippen LogP) is 3.18. The summed E-state index contributed by atoms with van der Waals surface area (Å²) >= 11 is 0. The van der Waals surface area contributed by atoms with Gasteiger partial charge in [0.25, 0.3) is 0 Å². The Morgan fingerprint density at radius 2 is 2.29 bits per heavy atom. The number of rotatable bonds is 1. The van der Waals surface area contributed by atoms with Gasteiger partial charge in [0.1, 0.15) is 5.82 Å². The number of halogens is 1. The van der Waals surface area contributed by atoms with Gasteiger partial charge < -0.3 is 4.74 Å².